The summed E-state index contributed by atoms with van der Waals surface area (Å²) in [5, 5.41) is 20.7. The van der Waals surface area contributed by atoms with Gasteiger partial charge < -0.3 is 19.4 Å². The predicted octanol–water partition coefficient (Wildman–Crippen LogP) is 5.65. The van der Waals surface area contributed by atoms with Crippen molar-refractivity contribution in [1.82, 2.24) is 4.90 Å². The van der Waals surface area contributed by atoms with Crippen LogP contribution < -0.4 is 4.74 Å². The number of furan rings is 1. The average Bonchev–Trinajstić information content (AvgIpc) is 3.44. The summed E-state index contributed by atoms with van der Waals surface area (Å²) < 4.78 is 11.9. The van der Waals surface area contributed by atoms with Gasteiger partial charge >= 0.3 is 0 Å². The second-order valence-electron chi connectivity index (χ2n) is 7.98. The molecule has 0 aliphatic carbocycles. The van der Waals surface area contributed by atoms with Gasteiger partial charge in [0.05, 0.1) is 0 Å². The van der Waals surface area contributed by atoms with E-state index in [0.717, 1.165) is 34.4 Å². The third kappa shape index (κ3) is 4.23. The first-order chi connectivity index (χ1) is 15.2. The minimum absolute atomic E-state index is 0.193. The third-order valence-electron chi connectivity index (χ3n) is 5.81. The maximum absolute atomic E-state index is 10.1. The molecular weight excluding hydrogens is 390 g/mol. The summed E-state index contributed by atoms with van der Waals surface area (Å²) >= 11 is 0. The highest BCUT2D eigenvalue weighted by atomic mass is 16.5. The van der Waals surface area contributed by atoms with Crippen molar-refractivity contribution in [2.75, 3.05) is 26.2 Å². The molecule has 0 saturated carbocycles. The van der Waals surface area contributed by atoms with Crippen molar-refractivity contribution in [1.29, 1.82) is 0 Å². The largest absolute Gasteiger partial charge is 0.508 e. The molecule has 5 nitrogen and oxygen atoms in total. The predicted molar refractivity (Wildman–Crippen MR) is 122 cm³/mol. The Morgan fingerprint density at radius 1 is 0.806 bits per heavy atom. The van der Waals surface area contributed by atoms with Gasteiger partial charge in [0.1, 0.15) is 35.2 Å². The molecule has 1 aliphatic rings. The van der Waals surface area contributed by atoms with E-state index in [9.17, 15) is 10.2 Å². The van der Waals surface area contributed by atoms with Crippen LogP contribution in [0.15, 0.2) is 71.1 Å². The first-order valence-electron chi connectivity index (χ1n) is 10.7. The van der Waals surface area contributed by atoms with E-state index < -0.39 is 0 Å². The van der Waals surface area contributed by atoms with Gasteiger partial charge in [-0.05, 0) is 91.7 Å². The molecule has 1 saturated heterocycles. The normalized spacial score (nSPS) is 14.3. The molecule has 2 N–H and O–H groups in total. The molecule has 0 atom stereocenters. The molecule has 0 unspecified atom stereocenters. The summed E-state index contributed by atoms with van der Waals surface area (Å²) in [5.41, 5.74) is 3.40. The number of benzene rings is 3. The maximum atomic E-state index is 10.1. The molecule has 0 amide bonds. The fraction of sp³-hybridized carbons (Fsp3) is 0.231. The Bertz CT molecular complexity index is 1190. The monoisotopic (exact) mass is 415 g/mol. The van der Waals surface area contributed by atoms with Gasteiger partial charge in [-0.2, -0.15) is 0 Å². The summed E-state index contributed by atoms with van der Waals surface area (Å²) in [4.78, 5) is 2.43. The third-order valence-corrected chi connectivity index (χ3v) is 5.81. The minimum Gasteiger partial charge on any atom is -0.508 e. The van der Waals surface area contributed by atoms with Crippen LogP contribution in [0.2, 0.25) is 0 Å². The molecule has 0 spiro atoms. The van der Waals surface area contributed by atoms with Crippen molar-refractivity contribution in [3.05, 3.63) is 66.7 Å². The topological polar surface area (TPSA) is 66.1 Å². The van der Waals surface area contributed by atoms with Crippen LogP contribution in [0, 0.1) is 0 Å². The zero-order valence-corrected chi connectivity index (χ0v) is 17.3. The van der Waals surface area contributed by atoms with Gasteiger partial charge in [0.15, 0.2) is 0 Å². The second-order valence-corrected chi connectivity index (χ2v) is 7.98. The van der Waals surface area contributed by atoms with Gasteiger partial charge in [-0.1, -0.05) is 12.1 Å². The Morgan fingerprint density at radius 3 is 2.35 bits per heavy atom. The van der Waals surface area contributed by atoms with E-state index in [4.69, 9.17) is 9.15 Å². The van der Waals surface area contributed by atoms with Gasteiger partial charge in [-0.25, -0.2) is 0 Å². The lowest BCUT2D eigenvalue weighted by Gasteiger charge is -2.15. The summed E-state index contributed by atoms with van der Waals surface area (Å²) in [5.74, 6) is 1.91. The van der Waals surface area contributed by atoms with Crippen molar-refractivity contribution in [2.45, 2.75) is 12.8 Å². The Morgan fingerprint density at radius 2 is 1.55 bits per heavy atom. The minimum atomic E-state index is 0.193. The Kier molecular flexibility index (Phi) is 5.26. The molecule has 0 radical (unpaired) electrons. The molecule has 1 aliphatic heterocycles. The maximum Gasteiger partial charge on any atom is 0.136 e. The van der Waals surface area contributed by atoms with Gasteiger partial charge in [-0.15, -0.1) is 0 Å². The molecule has 4 aromatic rings. The lowest BCUT2D eigenvalue weighted by atomic mass is 9.97. The fourth-order valence-corrected chi connectivity index (χ4v) is 4.18. The van der Waals surface area contributed by atoms with Crippen LogP contribution in [0.3, 0.4) is 0 Å². The molecule has 3 aromatic carbocycles. The van der Waals surface area contributed by atoms with Crippen LogP contribution in [-0.2, 0) is 0 Å². The van der Waals surface area contributed by atoms with Gasteiger partial charge in [-0.3, -0.25) is 4.90 Å². The molecule has 158 valence electrons. The van der Waals surface area contributed by atoms with E-state index in [1.165, 1.54) is 25.9 Å². The first kappa shape index (κ1) is 19.5. The van der Waals surface area contributed by atoms with Gasteiger partial charge in [0.2, 0.25) is 0 Å². The van der Waals surface area contributed by atoms with Crippen LogP contribution >= 0.6 is 0 Å². The van der Waals surface area contributed by atoms with Gasteiger partial charge in [0.25, 0.3) is 0 Å². The van der Waals surface area contributed by atoms with E-state index in [2.05, 4.69) is 4.90 Å². The number of likely N-dealkylation sites (tertiary alicyclic amines) is 1. The zero-order chi connectivity index (χ0) is 21.2. The standard InChI is InChI=1S/C26H25NO4/c28-20-6-10-25-19(15-20)16-26(31-25)23-9-5-21(29)17-24(23)18-3-7-22(8-4-18)30-14-13-27-11-1-2-12-27/h3-10,15-17,28-29H,1-2,11-14H2. The fourth-order valence-electron chi connectivity index (χ4n) is 4.18. The number of phenolic OH excluding ortho intramolecular Hbond substituents is 2. The number of hydrogen-bond acceptors (Lipinski definition) is 5. The Balaban J connectivity index is 1.39. The first-order valence-corrected chi connectivity index (χ1v) is 10.7. The van der Waals surface area contributed by atoms with E-state index in [0.29, 0.717) is 18.0 Å². The van der Waals surface area contributed by atoms with Gasteiger partial charge in [0, 0.05) is 17.5 Å². The number of ether oxygens (including phenoxy) is 1. The highest BCUT2D eigenvalue weighted by molar-refractivity contribution is 5.89. The Hall–Kier alpha value is -3.44. The molecule has 1 aromatic heterocycles. The van der Waals surface area contributed by atoms with Crippen molar-refractivity contribution >= 4 is 11.0 Å². The lowest BCUT2D eigenvalue weighted by molar-refractivity contribution is 0.238. The highest BCUT2D eigenvalue weighted by Gasteiger charge is 2.14. The number of rotatable bonds is 6. The summed E-state index contributed by atoms with van der Waals surface area (Å²) in [6.45, 7) is 3.98. The summed E-state index contributed by atoms with van der Waals surface area (Å²) in [6.07, 6.45) is 2.57. The summed E-state index contributed by atoms with van der Waals surface area (Å²) in [6, 6.07) is 20.1. The van der Waals surface area contributed by atoms with E-state index in [1.807, 2.05) is 36.4 Å². The molecule has 5 heteroatoms. The average molecular weight is 415 g/mol. The molecule has 31 heavy (non-hydrogen) atoms. The van der Waals surface area contributed by atoms with Crippen LogP contribution in [0.5, 0.6) is 17.2 Å². The van der Waals surface area contributed by atoms with Crippen molar-refractivity contribution in [3.63, 3.8) is 0 Å². The van der Waals surface area contributed by atoms with E-state index in [-0.39, 0.29) is 11.5 Å². The Labute approximate surface area is 181 Å². The summed E-state index contributed by atoms with van der Waals surface area (Å²) in [7, 11) is 0. The highest BCUT2D eigenvalue weighted by Crippen LogP contribution is 2.38. The number of fused-ring (bicyclic) bond motifs is 1. The second kappa shape index (κ2) is 8.36. The smallest absolute Gasteiger partial charge is 0.136 e. The number of hydrogen-bond donors (Lipinski definition) is 2. The molecule has 0 bridgehead atoms. The van der Waals surface area contributed by atoms with Crippen LogP contribution in [-0.4, -0.2) is 41.4 Å². The zero-order valence-electron chi connectivity index (χ0n) is 17.3. The van der Waals surface area contributed by atoms with E-state index in [1.54, 1.807) is 30.3 Å². The van der Waals surface area contributed by atoms with Crippen molar-refractivity contribution in [2.24, 2.45) is 0 Å². The molecule has 1 fully saturated rings. The van der Waals surface area contributed by atoms with Crippen LogP contribution in [0.1, 0.15) is 12.8 Å². The quantitative estimate of drug-likeness (QED) is 0.426. The van der Waals surface area contributed by atoms with Crippen LogP contribution in [0.25, 0.3) is 33.4 Å². The number of aromatic hydroxyl groups is 2. The number of phenols is 2. The van der Waals surface area contributed by atoms with E-state index >= 15 is 0 Å². The molecule has 2 heterocycles. The number of nitrogens with zero attached hydrogens (tertiary/aromatic N) is 1. The van der Waals surface area contributed by atoms with Crippen LogP contribution in [0.4, 0.5) is 0 Å². The lowest BCUT2D eigenvalue weighted by Crippen LogP contribution is -2.25. The molecular formula is C26H25NO4. The van der Waals surface area contributed by atoms with Crippen molar-refractivity contribution in [3.8, 4) is 39.7 Å². The van der Waals surface area contributed by atoms with Crippen molar-refractivity contribution < 1.29 is 19.4 Å². The molecule has 5 rings (SSSR count). The SMILES string of the molecule is Oc1ccc(-c2cc3cc(O)ccc3o2)c(-c2ccc(OCCN3CCCC3)cc2)c1.